The Kier molecular flexibility index (Phi) is 5.48. The van der Waals surface area contributed by atoms with Gasteiger partial charge in [0.05, 0.1) is 12.5 Å². The maximum atomic E-state index is 13.3. The van der Waals surface area contributed by atoms with Crippen molar-refractivity contribution < 1.29 is 13.9 Å². The molecular weight excluding hydrogens is 321 g/mol. The van der Waals surface area contributed by atoms with Gasteiger partial charge in [-0.1, -0.05) is 12.1 Å². The van der Waals surface area contributed by atoms with Crippen LogP contribution in [0.3, 0.4) is 0 Å². The van der Waals surface area contributed by atoms with Crippen molar-refractivity contribution in [3.05, 3.63) is 53.4 Å². The number of carbonyl (C=O) groups excluding carboxylic acids is 1. The number of imidazole rings is 1. The van der Waals surface area contributed by atoms with E-state index in [-0.39, 0.29) is 24.2 Å². The molecule has 5 nitrogen and oxygen atoms in total. The minimum Gasteiger partial charge on any atom is -0.377 e. The van der Waals surface area contributed by atoms with Gasteiger partial charge in [-0.15, -0.1) is 0 Å². The predicted octanol–water partition coefficient (Wildman–Crippen LogP) is 2.88. The van der Waals surface area contributed by atoms with Crippen molar-refractivity contribution in [3.8, 4) is 0 Å². The molecule has 0 radical (unpaired) electrons. The molecule has 6 heteroatoms. The van der Waals surface area contributed by atoms with Crippen LogP contribution >= 0.6 is 0 Å². The van der Waals surface area contributed by atoms with Crippen LogP contribution in [0.4, 0.5) is 4.39 Å². The van der Waals surface area contributed by atoms with E-state index < -0.39 is 0 Å². The Labute approximate surface area is 147 Å². The normalized spacial score (nSPS) is 17.7. The Morgan fingerprint density at radius 1 is 1.44 bits per heavy atom. The van der Waals surface area contributed by atoms with Gasteiger partial charge in [0, 0.05) is 32.1 Å². The number of aryl methyl sites for hydroxylation is 1. The lowest BCUT2D eigenvalue weighted by molar-refractivity contribution is -0.132. The smallest absolute Gasteiger partial charge is 0.227 e. The van der Waals surface area contributed by atoms with Crippen molar-refractivity contribution in [2.75, 3.05) is 20.2 Å². The zero-order valence-corrected chi connectivity index (χ0v) is 14.7. The Balaban J connectivity index is 1.71. The molecule has 0 bridgehead atoms. The molecular formula is C19H24FN3O2. The lowest BCUT2D eigenvalue weighted by Gasteiger charge is -2.35. The minimum atomic E-state index is -0.305. The highest BCUT2D eigenvalue weighted by atomic mass is 19.1. The maximum absolute atomic E-state index is 13.3. The third-order valence-electron chi connectivity index (χ3n) is 4.69. The van der Waals surface area contributed by atoms with Crippen molar-refractivity contribution in [1.82, 2.24) is 14.5 Å². The zero-order valence-electron chi connectivity index (χ0n) is 14.7. The molecule has 1 amide bonds. The number of likely N-dealkylation sites (tertiary alicyclic amines) is 1. The summed E-state index contributed by atoms with van der Waals surface area (Å²) in [6, 6.07) is 6.46. The summed E-state index contributed by atoms with van der Waals surface area (Å²) in [6.07, 6.45) is 4.04. The number of hydrogen-bond donors (Lipinski definition) is 0. The highest BCUT2D eigenvalue weighted by Crippen LogP contribution is 2.25. The van der Waals surface area contributed by atoms with Crippen LogP contribution in [0.2, 0.25) is 0 Å². The van der Waals surface area contributed by atoms with E-state index in [9.17, 15) is 9.18 Å². The molecule has 1 aromatic heterocycles. The molecule has 0 aliphatic carbocycles. The van der Waals surface area contributed by atoms with Crippen LogP contribution in [0.15, 0.2) is 30.5 Å². The van der Waals surface area contributed by atoms with Gasteiger partial charge in [0.1, 0.15) is 18.2 Å². The van der Waals surface area contributed by atoms with Crippen LogP contribution in [0.25, 0.3) is 0 Å². The third kappa shape index (κ3) is 4.07. The first-order valence-electron chi connectivity index (χ1n) is 8.62. The third-order valence-corrected chi connectivity index (χ3v) is 4.69. The topological polar surface area (TPSA) is 47.4 Å². The molecule has 1 atom stereocenters. The zero-order chi connectivity index (χ0) is 17.8. The van der Waals surface area contributed by atoms with Crippen molar-refractivity contribution in [1.29, 1.82) is 0 Å². The van der Waals surface area contributed by atoms with Crippen LogP contribution in [-0.4, -0.2) is 40.6 Å². The van der Waals surface area contributed by atoms with E-state index in [0.717, 1.165) is 30.9 Å². The van der Waals surface area contributed by atoms with Gasteiger partial charge in [-0.25, -0.2) is 9.37 Å². The predicted molar refractivity (Wildman–Crippen MR) is 92.6 cm³/mol. The number of aromatic nitrogens is 2. The molecule has 0 saturated carbocycles. The van der Waals surface area contributed by atoms with E-state index in [1.165, 1.54) is 12.1 Å². The molecule has 1 saturated heterocycles. The average molecular weight is 345 g/mol. The van der Waals surface area contributed by atoms with Gasteiger partial charge in [-0.05, 0) is 37.5 Å². The number of rotatable bonds is 5. The molecule has 2 aromatic rings. The van der Waals surface area contributed by atoms with Crippen LogP contribution < -0.4 is 0 Å². The fourth-order valence-corrected chi connectivity index (χ4v) is 3.56. The Bertz CT molecular complexity index is 744. The highest BCUT2D eigenvalue weighted by molar-refractivity contribution is 5.78. The fourth-order valence-electron chi connectivity index (χ4n) is 3.56. The standard InChI is InChI=1S/C19H24FN3O2/c1-14-11-21-18(13-25-2)23(14)17-7-4-8-22(12-17)19(24)10-15-5-3-6-16(20)9-15/h3,5-6,9,11,17H,4,7-8,10,12-13H2,1-2H3. The first-order chi connectivity index (χ1) is 12.1. The average Bonchev–Trinajstić information content (AvgIpc) is 2.96. The summed E-state index contributed by atoms with van der Waals surface area (Å²) in [7, 11) is 1.66. The summed E-state index contributed by atoms with van der Waals surface area (Å²) < 4.78 is 20.7. The second kappa shape index (κ2) is 7.78. The van der Waals surface area contributed by atoms with Gasteiger partial charge in [0.15, 0.2) is 0 Å². The summed E-state index contributed by atoms with van der Waals surface area (Å²) >= 11 is 0. The summed E-state index contributed by atoms with van der Waals surface area (Å²) in [5, 5.41) is 0. The number of piperidine rings is 1. The van der Waals surface area contributed by atoms with Gasteiger partial charge >= 0.3 is 0 Å². The molecule has 3 rings (SSSR count). The van der Waals surface area contributed by atoms with Crippen molar-refractivity contribution in [2.45, 2.75) is 38.8 Å². The van der Waals surface area contributed by atoms with Crippen LogP contribution in [0.1, 0.15) is 36.0 Å². The van der Waals surface area contributed by atoms with E-state index in [1.54, 1.807) is 19.2 Å². The molecule has 0 N–H and O–H groups in total. The number of hydrogen-bond acceptors (Lipinski definition) is 3. The van der Waals surface area contributed by atoms with Crippen molar-refractivity contribution >= 4 is 5.91 Å². The van der Waals surface area contributed by atoms with Gasteiger partial charge in [-0.3, -0.25) is 4.79 Å². The van der Waals surface area contributed by atoms with Crippen molar-refractivity contribution in [3.63, 3.8) is 0 Å². The largest absolute Gasteiger partial charge is 0.377 e. The second-order valence-corrected chi connectivity index (χ2v) is 6.56. The molecule has 0 spiro atoms. The second-order valence-electron chi connectivity index (χ2n) is 6.56. The molecule has 25 heavy (non-hydrogen) atoms. The van der Waals surface area contributed by atoms with E-state index in [1.807, 2.05) is 18.0 Å². The fraction of sp³-hybridized carbons (Fsp3) is 0.474. The van der Waals surface area contributed by atoms with E-state index in [4.69, 9.17) is 4.74 Å². The molecule has 1 aliphatic heterocycles. The molecule has 1 aliphatic rings. The van der Waals surface area contributed by atoms with Gasteiger partial charge in [0.2, 0.25) is 5.91 Å². The number of ether oxygens (including phenoxy) is 1. The summed E-state index contributed by atoms with van der Waals surface area (Å²) in [5.41, 5.74) is 1.79. The number of halogens is 1. The number of benzene rings is 1. The summed E-state index contributed by atoms with van der Waals surface area (Å²) in [5.74, 6) is 0.630. The van der Waals surface area contributed by atoms with E-state index >= 15 is 0 Å². The monoisotopic (exact) mass is 345 g/mol. The Morgan fingerprint density at radius 2 is 2.28 bits per heavy atom. The molecule has 1 fully saturated rings. The SMILES string of the molecule is COCc1ncc(C)n1C1CCCN(C(=O)Cc2cccc(F)c2)C1. The maximum Gasteiger partial charge on any atom is 0.227 e. The molecule has 2 heterocycles. The van der Waals surface area contributed by atoms with Gasteiger partial charge in [-0.2, -0.15) is 0 Å². The molecule has 1 unspecified atom stereocenters. The quantitative estimate of drug-likeness (QED) is 0.837. The Morgan fingerprint density at radius 3 is 3.04 bits per heavy atom. The molecule has 1 aromatic carbocycles. The number of carbonyl (C=O) groups is 1. The summed E-state index contributed by atoms with van der Waals surface area (Å²) in [6.45, 7) is 3.89. The first kappa shape index (κ1) is 17.6. The summed E-state index contributed by atoms with van der Waals surface area (Å²) in [4.78, 5) is 18.9. The van der Waals surface area contributed by atoms with Gasteiger partial charge in [0.25, 0.3) is 0 Å². The minimum absolute atomic E-state index is 0.0429. The van der Waals surface area contributed by atoms with Crippen LogP contribution in [0, 0.1) is 12.7 Å². The number of nitrogens with zero attached hydrogens (tertiary/aromatic N) is 3. The molecule has 134 valence electrons. The van der Waals surface area contributed by atoms with E-state index in [2.05, 4.69) is 9.55 Å². The lowest BCUT2D eigenvalue weighted by Crippen LogP contribution is -2.42. The number of amides is 1. The first-order valence-corrected chi connectivity index (χ1v) is 8.62. The Hall–Kier alpha value is -2.21. The van der Waals surface area contributed by atoms with Crippen LogP contribution in [0.5, 0.6) is 0 Å². The van der Waals surface area contributed by atoms with Crippen LogP contribution in [-0.2, 0) is 22.6 Å². The highest BCUT2D eigenvalue weighted by Gasteiger charge is 2.27. The van der Waals surface area contributed by atoms with Gasteiger partial charge < -0.3 is 14.2 Å². The van der Waals surface area contributed by atoms with E-state index in [0.29, 0.717) is 18.7 Å². The number of methoxy groups -OCH3 is 1. The van der Waals surface area contributed by atoms with Crippen molar-refractivity contribution in [2.24, 2.45) is 0 Å². The lowest BCUT2D eigenvalue weighted by atomic mass is 10.0.